The number of rotatable bonds is 6. The van der Waals surface area contributed by atoms with E-state index < -0.39 is 47.8 Å². The lowest BCUT2D eigenvalue weighted by Gasteiger charge is -2.40. The monoisotopic (exact) mass is 621 g/mol. The van der Waals surface area contributed by atoms with Crippen molar-refractivity contribution in [2.24, 2.45) is 11.1 Å². The Morgan fingerprint density at radius 1 is 1.23 bits per heavy atom. The van der Waals surface area contributed by atoms with E-state index in [1.807, 2.05) is 25.7 Å². The van der Waals surface area contributed by atoms with Gasteiger partial charge in [0, 0.05) is 41.7 Å². The van der Waals surface area contributed by atoms with E-state index in [1.54, 1.807) is 41.4 Å². The van der Waals surface area contributed by atoms with Crippen LogP contribution in [0.2, 0.25) is 5.02 Å². The van der Waals surface area contributed by atoms with Gasteiger partial charge < -0.3 is 15.6 Å². The van der Waals surface area contributed by atoms with Crippen molar-refractivity contribution in [1.82, 2.24) is 9.88 Å². The second-order valence-corrected chi connectivity index (χ2v) is 13.1. The number of hydrogen-bond donors (Lipinski definition) is 2. The lowest BCUT2D eigenvalue weighted by molar-refractivity contribution is -0.125. The van der Waals surface area contributed by atoms with E-state index in [9.17, 15) is 19.5 Å². The first-order chi connectivity index (χ1) is 20.9. The third-order valence-electron chi connectivity index (χ3n) is 9.07. The SMILES string of the molecule is COc1cc(N2CN3[C@@H](CC(C)(C)C)C4(C(=O)N(CO)c5ccncc54)[C@@H](c4cccc(Cl)c4F)[C@@H]3C2=O)ccc1C(N)=O. The predicted molar refractivity (Wildman–Crippen MR) is 162 cm³/mol. The molecule has 1 spiro atoms. The highest BCUT2D eigenvalue weighted by molar-refractivity contribution is 6.30. The first-order valence-corrected chi connectivity index (χ1v) is 14.6. The number of aliphatic hydroxyl groups excluding tert-OH is 1. The smallest absolute Gasteiger partial charge is 0.252 e. The number of aliphatic hydroxyl groups is 1. The summed E-state index contributed by atoms with van der Waals surface area (Å²) in [5.41, 5.74) is 5.45. The molecule has 3 N–H and O–H groups in total. The number of carbonyl (C=O) groups is 3. The summed E-state index contributed by atoms with van der Waals surface area (Å²) in [7, 11) is 1.40. The van der Waals surface area contributed by atoms with Crippen molar-refractivity contribution in [3.8, 4) is 5.75 Å². The zero-order valence-corrected chi connectivity index (χ0v) is 25.5. The lowest BCUT2D eigenvalue weighted by Crippen LogP contribution is -2.54. The number of benzene rings is 2. The van der Waals surface area contributed by atoms with E-state index in [0.717, 1.165) is 0 Å². The number of nitrogens with zero attached hydrogens (tertiary/aromatic N) is 4. The van der Waals surface area contributed by atoms with Crippen molar-refractivity contribution in [2.75, 3.05) is 30.3 Å². The Labute approximate surface area is 259 Å². The highest BCUT2D eigenvalue weighted by Crippen LogP contribution is 2.62. The Hall–Kier alpha value is -4.06. The van der Waals surface area contributed by atoms with Crippen LogP contribution in [0.3, 0.4) is 0 Å². The molecule has 4 heterocycles. The molecule has 0 bridgehead atoms. The second-order valence-electron chi connectivity index (χ2n) is 12.7. The number of pyridine rings is 1. The minimum Gasteiger partial charge on any atom is -0.496 e. The van der Waals surface area contributed by atoms with E-state index in [-0.39, 0.29) is 39.9 Å². The van der Waals surface area contributed by atoms with Gasteiger partial charge in [-0.2, -0.15) is 0 Å². The molecule has 2 fully saturated rings. The van der Waals surface area contributed by atoms with E-state index in [1.165, 1.54) is 30.3 Å². The van der Waals surface area contributed by atoms with Crippen LogP contribution in [0.4, 0.5) is 15.8 Å². The van der Waals surface area contributed by atoms with Crippen LogP contribution in [0.1, 0.15) is 54.6 Å². The van der Waals surface area contributed by atoms with Gasteiger partial charge in [0.15, 0.2) is 0 Å². The van der Waals surface area contributed by atoms with E-state index >= 15 is 4.39 Å². The van der Waals surface area contributed by atoms with Gasteiger partial charge in [-0.3, -0.25) is 34.1 Å². The average Bonchev–Trinajstić information content (AvgIpc) is 3.55. The Morgan fingerprint density at radius 3 is 2.64 bits per heavy atom. The molecule has 1 aromatic heterocycles. The average molecular weight is 622 g/mol. The number of nitrogens with two attached hydrogens (primary N) is 1. The Morgan fingerprint density at radius 2 is 1.98 bits per heavy atom. The van der Waals surface area contributed by atoms with E-state index in [4.69, 9.17) is 22.1 Å². The molecule has 2 aromatic carbocycles. The number of hydrogen-bond acceptors (Lipinski definition) is 7. The maximum absolute atomic E-state index is 16.1. The molecule has 12 heteroatoms. The van der Waals surface area contributed by atoms with Crippen LogP contribution in [0, 0.1) is 11.2 Å². The number of ether oxygens (including phenoxy) is 1. The minimum atomic E-state index is -1.47. The van der Waals surface area contributed by atoms with Crippen LogP contribution in [0.5, 0.6) is 5.75 Å². The molecule has 0 aliphatic carbocycles. The van der Waals surface area contributed by atoms with Crippen molar-refractivity contribution in [2.45, 2.75) is 50.6 Å². The molecule has 230 valence electrons. The molecule has 0 radical (unpaired) electrons. The normalized spacial score (nSPS) is 24.8. The summed E-state index contributed by atoms with van der Waals surface area (Å²) in [5, 5.41) is 10.3. The van der Waals surface area contributed by atoms with Gasteiger partial charge in [-0.1, -0.05) is 44.5 Å². The summed E-state index contributed by atoms with van der Waals surface area (Å²) in [6.07, 6.45) is 3.58. The summed E-state index contributed by atoms with van der Waals surface area (Å²) in [4.78, 5) is 50.4. The van der Waals surface area contributed by atoms with Crippen molar-refractivity contribution in [3.63, 3.8) is 0 Å². The topological polar surface area (TPSA) is 129 Å². The van der Waals surface area contributed by atoms with Crippen LogP contribution in [0.25, 0.3) is 0 Å². The minimum absolute atomic E-state index is 0.0752. The van der Waals surface area contributed by atoms with Gasteiger partial charge in [-0.15, -0.1) is 0 Å². The molecular weight excluding hydrogens is 589 g/mol. The number of carbonyl (C=O) groups excluding carboxylic acids is 3. The summed E-state index contributed by atoms with van der Waals surface area (Å²) >= 11 is 6.32. The number of primary amides is 1. The maximum Gasteiger partial charge on any atom is 0.252 e. The van der Waals surface area contributed by atoms with Crippen molar-refractivity contribution in [3.05, 3.63) is 82.4 Å². The molecule has 6 rings (SSSR count). The fourth-order valence-electron chi connectivity index (χ4n) is 7.41. The summed E-state index contributed by atoms with van der Waals surface area (Å²) in [5.74, 6) is -2.99. The lowest BCUT2D eigenvalue weighted by atomic mass is 9.62. The number of aromatic nitrogens is 1. The molecule has 1 unspecified atom stereocenters. The van der Waals surface area contributed by atoms with Crippen molar-refractivity contribution >= 4 is 40.7 Å². The predicted octanol–water partition coefficient (Wildman–Crippen LogP) is 3.79. The Kier molecular flexibility index (Phi) is 7.18. The Bertz CT molecular complexity index is 1700. The molecule has 3 aromatic rings. The molecule has 3 amide bonds. The third kappa shape index (κ3) is 4.21. The standard InChI is InChI=1S/C32H33ClFN5O5/c1-31(2,3)13-24-32(20-14-36-11-10-22(20)39(16-40)30(32)43)25(19-6-5-7-21(33)26(19)34)27-29(42)37(15-38(24)27)17-8-9-18(28(35)41)23(12-17)44-4/h5-12,14,24-25,27,40H,13,15-16H2,1-4H3,(H2,35,41)/t24-,25-,27+,32?/m0/s1. The van der Waals surface area contributed by atoms with Gasteiger partial charge in [0.05, 0.1) is 36.1 Å². The number of fused-ring (bicyclic) bond motifs is 3. The van der Waals surface area contributed by atoms with Gasteiger partial charge >= 0.3 is 0 Å². The van der Waals surface area contributed by atoms with E-state index in [2.05, 4.69) is 4.98 Å². The van der Waals surface area contributed by atoms with Gasteiger partial charge in [-0.05, 0) is 41.7 Å². The van der Waals surface area contributed by atoms with Crippen LogP contribution in [0.15, 0.2) is 54.9 Å². The van der Waals surface area contributed by atoms with Crippen LogP contribution in [-0.4, -0.2) is 65.3 Å². The first kappa shape index (κ1) is 30.0. The molecule has 3 aliphatic rings. The maximum atomic E-state index is 16.1. The molecule has 44 heavy (non-hydrogen) atoms. The second kappa shape index (κ2) is 10.5. The third-order valence-corrected chi connectivity index (χ3v) is 9.36. The number of anilines is 2. The molecule has 4 atom stereocenters. The zero-order valence-electron chi connectivity index (χ0n) is 24.8. The van der Waals surface area contributed by atoms with Crippen molar-refractivity contribution < 1.29 is 28.6 Å². The molecule has 3 aliphatic heterocycles. The fraction of sp³-hybridized carbons (Fsp3) is 0.375. The molecule has 2 saturated heterocycles. The highest BCUT2D eigenvalue weighted by Gasteiger charge is 2.72. The van der Waals surface area contributed by atoms with Gasteiger partial charge in [0.25, 0.3) is 5.91 Å². The van der Waals surface area contributed by atoms with Crippen molar-refractivity contribution in [1.29, 1.82) is 0 Å². The number of amides is 3. The fourth-order valence-corrected chi connectivity index (χ4v) is 7.60. The van der Waals surface area contributed by atoms with Gasteiger partial charge in [-0.25, -0.2) is 4.39 Å². The van der Waals surface area contributed by atoms with Crippen LogP contribution in [-0.2, 0) is 15.0 Å². The molecular formula is C32H33ClFN5O5. The van der Waals surface area contributed by atoms with Crippen LogP contribution >= 0.6 is 11.6 Å². The quantitative estimate of drug-likeness (QED) is 0.428. The Balaban J connectivity index is 1.61. The van der Waals surface area contributed by atoms with E-state index in [0.29, 0.717) is 23.4 Å². The largest absolute Gasteiger partial charge is 0.496 e. The van der Waals surface area contributed by atoms with Crippen LogP contribution < -0.4 is 20.3 Å². The molecule has 0 saturated carbocycles. The zero-order chi connectivity index (χ0) is 31.7. The highest BCUT2D eigenvalue weighted by atomic mass is 35.5. The van der Waals surface area contributed by atoms with Gasteiger partial charge in [0.2, 0.25) is 11.8 Å². The number of methoxy groups -OCH3 is 1. The molecule has 10 nitrogen and oxygen atoms in total. The summed E-state index contributed by atoms with van der Waals surface area (Å²) in [6.45, 7) is 5.60. The number of halogens is 2. The summed E-state index contributed by atoms with van der Waals surface area (Å²) in [6, 6.07) is 9.34. The van der Waals surface area contributed by atoms with Gasteiger partial charge in [0.1, 0.15) is 23.7 Å². The first-order valence-electron chi connectivity index (χ1n) is 14.2. The summed E-state index contributed by atoms with van der Waals surface area (Å²) < 4.78 is 21.5.